The molecule has 2 aliphatic rings. The van der Waals surface area contributed by atoms with Gasteiger partial charge < -0.3 is 10.2 Å². The molecule has 0 atom stereocenters. The molecule has 0 bridgehead atoms. The van der Waals surface area contributed by atoms with Crippen molar-refractivity contribution in [3.63, 3.8) is 0 Å². The van der Waals surface area contributed by atoms with Crippen LogP contribution in [-0.2, 0) is 11.3 Å². The number of carbonyl (C=O) groups is 1. The van der Waals surface area contributed by atoms with Crippen LogP contribution in [0.4, 0.5) is 10.1 Å². The maximum Gasteiger partial charge on any atom is 0.224 e. The highest BCUT2D eigenvalue weighted by Crippen LogP contribution is 2.31. The van der Waals surface area contributed by atoms with Crippen LogP contribution >= 0.6 is 0 Å². The predicted molar refractivity (Wildman–Crippen MR) is 67.6 cm³/mol. The summed E-state index contributed by atoms with van der Waals surface area (Å²) < 4.78 is 13.3. The molecule has 1 aliphatic heterocycles. The van der Waals surface area contributed by atoms with Gasteiger partial charge in [-0.25, -0.2) is 4.39 Å². The summed E-state index contributed by atoms with van der Waals surface area (Å²) in [7, 11) is 0. The molecule has 1 fully saturated rings. The first-order chi connectivity index (χ1) is 8.72. The Morgan fingerprint density at radius 2 is 2.22 bits per heavy atom. The molecule has 0 aromatic heterocycles. The van der Waals surface area contributed by atoms with Crippen LogP contribution in [-0.4, -0.2) is 23.9 Å². The van der Waals surface area contributed by atoms with Crippen LogP contribution in [0.2, 0.25) is 0 Å². The number of benzene rings is 1. The molecule has 4 heteroatoms. The van der Waals surface area contributed by atoms with E-state index in [4.69, 9.17) is 0 Å². The van der Waals surface area contributed by atoms with Gasteiger partial charge in [0.2, 0.25) is 5.91 Å². The lowest BCUT2D eigenvalue weighted by Crippen LogP contribution is -2.35. The van der Waals surface area contributed by atoms with Gasteiger partial charge in [-0.3, -0.25) is 4.79 Å². The number of fused-ring (bicyclic) bond motifs is 1. The van der Waals surface area contributed by atoms with Gasteiger partial charge >= 0.3 is 0 Å². The van der Waals surface area contributed by atoms with E-state index in [2.05, 4.69) is 5.32 Å². The van der Waals surface area contributed by atoms with Gasteiger partial charge in [0.1, 0.15) is 5.82 Å². The third kappa shape index (κ3) is 2.47. The summed E-state index contributed by atoms with van der Waals surface area (Å²) in [5, 5.41) is 3.20. The summed E-state index contributed by atoms with van der Waals surface area (Å²) in [5.41, 5.74) is 1.83. The van der Waals surface area contributed by atoms with Gasteiger partial charge in [0, 0.05) is 31.7 Å². The molecule has 0 spiro atoms. The standard InChI is InChI=1S/C14H17FN2O/c15-12-3-4-13-11(7-12)9-17(8-10-1-2-10)14(18)5-6-16-13/h3-4,7,10,16H,1-2,5-6,8-9H2. The summed E-state index contributed by atoms with van der Waals surface area (Å²) in [6, 6.07) is 4.75. The second-order valence-electron chi connectivity index (χ2n) is 5.20. The third-order valence-corrected chi connectivity index (χ3v) is 3.61. The summed E-state index contributed by atoms with van der Waals surface area (Å²) in [6.45, 7) is 1.98. The molecule has 1 aliphatic carbocycles. The zero-order chi connectivity index (χ0) is 12.5. The van der Waals surface area contributed by atoms with Crippen molar-refractivity contribution in [2.45, 2.75) is 25.8 Å². The van der Waals surface area contributed by atoms with E-state index in [1.54, 1.807) is 6.07 Å². The summed E-state index contributed by atoms with van der Waals surface area (Å²) in [4.78, 5) is 13.9. The number of amides is 1. The van der Waals surface area contributed by atoms with E-state index in [-0.39, 0.29) is 11.7 Å². The normalized spacial score (nSPS) is 19.8. The first kappa shape index (κ1) is 11.5. The van der Waals surface area contributed by atoms with Gasteiger partial charge in [0.15, 0.2) is 0 Å². The minimum atomic E-state index is -0.241. The number of halogens is 1. The number of rotatable bonds is 2. The lowest BCUT2D eigenvalue weighted by Gasteiger charge is -2.27. The van der Waals surface area contributed by atoms with Gasteiger partial charge in [-0.2, -0.15) is 0 Å². The average Bonchev–Trinajstić information content (AvgIpc) is 3.13. The molecule has 0 unspecified atom stereocenters. The zero-order valence-electron chi connectivity index (χ0n) is 10.3. The van der Waals surface area contributed by atoms with E-state index in [1.165, 1.54) is 25.0 Å². The number of nitrogens with one attached hydrogen (secondary N) is 1. The molecule has 1 saturated carbocycles. The Balaban J connectivity index is 1.85. The van der Waals surface area contributed by atoms with Crippen LogP contribution in [0.15, 0.2) is 18.2 Å². The van der Waals surface area contributed by atoms with Crippen molar-refractivity contribution in [3.05, 3.63) is 29.6 Å². The van der Waals surface area contributed by atoms with E-state index in [9.17, 15) is 9.18 Å². The third-order valence-electron chi connectivity index (χ3n) is 3.61. The Kier molecular flexibility index (Phi) is 2.94. The van der Waals surface area contributed by atoms with Crippen molar-refractivity contribution in [1.29, 1.82) is 0 Å². The van der Waals surface area contributed by atoms with Crippen LogP contribution in [0.1, 0.15) is 24.8 Å². The van der Waals surface area contributed by atoms with E-state index in [0.29, 0.717) is 25.4 Å². The highest BCUT2D eigenvalue weighted by Gasteiger charge is 2.27. The van der Waals surface area contributed by atoms with Crippen molar-refractivity contribution in [2.24, 2.45) is 5.92 Å². The van der Waals surface area contributed by atoms with Crippen molar-refractivity contribution >= 4 is 11.6 Å². The number of hydrogen-bond donors (Lipinski definition) is 1. The summed E-state index contributed by atoms with van der Waals surface area (Å²) >= 11 is 0. The molecule has 96 valence electrons. The molecule has 3 rings (SSSR count). The summed E-state index contributed by atoms with van der Waals surface area (Å²) in [6.07, 6.45) is 2.96. The van der Waals surface area contributed by atoms with E-state index >= 15 is 0 Å². The minimum Gasteiger partial charge on any atom is -0.384 e. The van der Waals surface area contributed by atoms with Crippen LogP contribution < -0.4 is 5.32 Å². The molecular formula is C14H17FN2O. The number of hydrogen-bond acceptors (Lipinski definition) is 2. The van der Waals surface area contributed by atoms with Crippen molar-refractivity contribution in [3.8, 4) is 0 Å². The molecule has 1 N–H and O–H groups in total. The minimum absolute atomic E-state index is 0.171. The van der Waals surface area contributed by atoms with Gasteiger partial charge in [-0.15, -0.1) is 0 Å². The van der Waals surface area contributed by atoms with Gasteiger partial charge in [-0.1, -0.05) is 0 Å². The van der Waals surface area contributed by atoms with Gasteiger partial charge in [0.05, 0.1) is 0 Å². The van der Waals surface area contributed by atoms with E-state index in [0.717, 1.165) is 17.8 Å². The molecule has 1 heterocycles. The fraction of sp³-hybridized carbons (Fsp3) is 0.500. The van der Waals surface area contributed by atoms with Crippen molar-refractivity contribution in [1.82, 2.24) is 4.90 Å². The highest BCUT2D eigenvalue weighted by molar-refractivity contribution is 5.77. The number of carbonyl (C=O) groups excluding carboxylic acids is 1. The molecule has 0 radical (unpaired) electrons. The van der Waals surface area contributed by atoms with Crippen LogP contribution in [0, 0.1) is 11.7 Å². The predicted octanol–water partition coefficient (Wildman–Crippen LogP) is 2.38. The molecule has 18 heavy (non-hydrogen) atoms. The van der Waals surface area contributed by atoms with Crippen LogP contribution in [0.5, 0.6) is 0 Å². The molecule has 1 amide bonds. The number of anilines is 1. The largest absolute Gasteiger partial charge is 0.384 e. The fourth-order valence-corrected chi connectivity index (χ4v) is 2.40. The SMILES string of the molecule is O=C1CCNc2ccc(F)cc2CN1CC1CC1. The molecule has 1 aromatic rings. The van der Waals surface area contributed by atoms with Crippen LogP contribution in [0.25, 0.3) is 0 Å². The lowest BCUT2D eigenvalue weighted by molar-refractivity contribution is -0.131. The summed E-state index contributed by atoms with van der Waals surface area (Å²) in [5.74, 6) is 0.595. The highest BCUT2D eigenvalue weighted by atomic mass is 19.1. The van der Waals surface area contributed by atoms with E-state index < -0.39 is 0 Å². The van der Waals surface area contributed by atoms with E-state index in [1.807, 2.05) is 4.90 Å². The smallest absolute Gasteiger partial charge is 0.224 e. The first-order valence-electron chi connectivity index (χ1n) is 6.52. The Bertz CT molecular complexity index is 471. The quantitative estimate of drug-likeness (QED) is 0.871. The lowest BCUT2D eigenvalue weighted by atomic mass is 10.1. The Labute approximate surface area is 106 Å². The number of nitrogens with zero attached hydrogens (tertiary/aromatic N) is 1. The van der Waals surface area contributed by atoms with Gasteiger partial charge in [-0.05, 0) is 42.5 Å². The van der Waals surface area contributed by atoms with Crippen molar-refractivity contribution in [2.75, 3.05) is 18.4 Å². The Hall–Kier alpha value is -1.58. The van der Waals surface area contributed by atoms with Crippen LogP contribution in [0.3, 0.4) is 0 Å². The Morgan fingerprint density at radius 3 is 3.00 bits per heavy atom. The van der Waals surface area contributed by atoms with Crippen molar-refractivity contribution < 1.29 is 9.18 Å². The first-order valence-corrected chi connectivity index (χ1v) is 6.52. The maximum absolute atomic E-state index is 13.3. The molecule has 3 nitrogen and oxygen atoms in total. The second-order valence-corrected chi connectivity index (χ2v) is 5.20. The maximum atomic E-state index is 13.3. The second kappa shape index (κ2) is 4.59. The Morgan fingerprint density at radius 1 is 1.39 bits per heavy atom. The molecular weight excluding hydrogens is 231 g/mol. The topological polar surface area (TPSA) is 32.3 Å². The monoisotopic (exact) mass is 248 g/mol. The molecule has 0 saturated heterocycles. The fourth-order valence-electron chi connectivity index (χ4n) is 2.40. The molecule has 1 aromatic carbocycles. The zero-order valence-corrected chi connectivity index (χ0v) is 10.3. The average molecular weight is 248 g/mol. The van der Waals surface area contributed by atoms with Gasteiger partial charge in [0.25, 0.3) is 0 Å².